The third kappa shape index (κ3) is 5.92. The van der Waals surface area contributed by atoms with Crippen LogP contribution >= 0.6 is 0 Å². The number of hydrogen-bond donors (Lipinski definition) is 2. The number of benzene rings is 1. The van der Waals surface area contributed by atoms with Crippen LogP contribution in [0.1, 0.15) is 94.5 Å². The summed E-state index contributed by atoms with van der Waals surface area (Å²) in [6.07, 6.45) is 11.8. The van der Waals surface area contributed by atoms with Gasteiger partial charge in [0, 0.05) is 18.0 Å². The highest BCUT2D eigenvalue weighted by atomic mass is 16.3. The van der Waals surface area contributed by atoms with Crippen molar-refractivity contribution in [2.45, 2.75) is 102 Å². The molecule has 2 heterocycles. The molecule has 2 saturated carbocycles. The van der Waals surface area contributed by atoms with Gasteiger partial charge in [-0.05, 0) is 63.5 Å². The molecule has 5 rings (SSSR count). The number of rotatable bonds is 6. The van der Waals surface area contributed by atoms with E-state index >= 15 is 0 Å². The molecule has 2 aliphatic carbocycles. The summed E-state index contributed by atoms with van der Waals surface area (Å²) >= 11 is 0. The Hall–Kier alpha value is -2.67. The monoisotopic (exact) mass is 507 g/mol. The molecular formula is C30H41N3O4. The number of likely N-dealkylation sites (tertiary alicyclic amines) is 1. The predicted molar refractivity (Wildman–Crippen MR) is 143 cm³/mol. The molecule has 7 heteroatoms. The molecule has 37 heavy (non-hydrogen) atoms. The van der Waals surface area contributed by atoms with Crippen molar-refractivity contribution in [2.75, 3.05) is 13.1 Å². The number of carbonyl (C=O) groups excluding carboxylic acids is 3. The minimum absolute atomic E-state index is 0.0862. The lowest BCUT2D eigenvalue weighted by molar-refractivity contribution is -0.133. The Labute approximate surface area is 219 Å². The lowest BCUT2D eigenvalue weighted by atomic mass is 9.80. The van der Waals surface area contributed by atoms with Crippen molar-refractivity contribution in [2.24, 2.45) is 5.92 Å². The second-order valence-corrected chi connectivity index (χ2v) is 11.6. The summed E-state index contributed by atoms with van der Waals surface area (Å²) in [7, 11) is 0. The number of fused-ring (bicyclic) bond motifs is 1. The van der Waals surface area contributed by atoms with Crippen LogP contribution in [0.15, 0.2) is 34.7 Å². The molecule has 200 valence electrons. The van der Waals surface area contributed by atoms with Gasteiger partial charge in [-0.15, -0.1) is 0 Å². The molecule has 2 unspecified atom stereocenters. The largest absolute Gasteiger partial charge is 0.451 e. The van der Waals surface area contributed by atoms with Crippen LogP contribution in [0.4, 0.5) is 0 Å². The molecule has 2 N–H and O–H groups in total. The van der Waals surface area contributed by atoms with Crippen LogP contribution in [-0.4, -0.2) is 53.2 Å². The Kier molecular flexibility index (Phi) is 7.98. The standard InChI is InChI=1S/C30H41N3O4/c1-21-14-15-24(25(34)20-33(21)19-22-10-4-2-5-11-22)31-29(36)30(16-8-3-9-17-30)32-28(35)27-18-23-12-6-7-13-26(23)37-27/h6-7,12-13,18,21-22,24H,2-5,8-11,14-17,19-20H2,1H3,(H,31,36)(H,32,35). The van der Waals surface area contributed by atoms with E-state index in [0.29, 0.717) is 43.3 Å². The van der Waals surface area contributed by atoms with E-state index < -0.39 is 11.6 Å². The first-order valence-corrected chi connectivity index (χ1v) is 14.3. The summed E-state index contributed by atoms with van der Waals surface area (Å²) in [6, 6.07) is 9.02. The van der Waals surface area contributed by atoms with Crippen molar-refractivity contribution in [1.82, 2.24) is 15.5 Å². The number of furan rings is 1. The van der Waals surface area contributed by atoms with E-state index in [4.69, 9.17) is 4.42 Å². The number of nitrogens with zero attached hydrogens (tertiary/aromatic N) is 1. The van der Waals surface area contributed by atoms with Crippen molar-refractivity contribution in [3.8, 4) is 0 Å². The second-order valence-electron chi connectivity index (χ2n) is 11.6. The first-order chi connectivity index (χ1) is 17.9. The van der Waals surface area contributed by atoms with Crippen LogP contribution in [-0.2, 0) is 9.59 Å². The highest BCUT2D eigenvalue weighted by Gasteiger charge is 2.43. The zero-order valence-electron chi connectivity index (χ0n) is 22.1. The molecule has 2 amide bonds. The number of para-hydroxylation sites is 1. The number of amides is 2. The Morgan fingerprint density at radius 2 is 1.73 bits per heavy atom. The maximum absolute atomic E-state index is 13.7. The fraction of sp³-hybridized carbons (Fsp3) is 0.633. The third-order valence-electron chi connectivity index (χ3n) is 8.91. The van der Waals surface area contributed by atoms with Crippen LogP contribution in [0.25, 0.3) is 11.0 Å². The normalized spacial score (nSPS) is 25.5. The van der Waals surface area contributed by atoms with Crippen molar-refractivity contribution < 1.29 is 18.8 Å². The van der Waals surface area contributed by atoms with Crippen LogP contribution in [0.3, 0.4) is 0 Å². The molecule has 0 radical (unpaired) electrons. The number of nitrogens with one attached hydrogen (secondary N) is 2. The smallest absolute Gasteiger partial charge is 0.287 e. The molecular weight excluding hydrogens is 466 g/mol. The van der Waals surface area contributed by atoms with E-state index in [-0.39, 0.29) is 23.4 Å². The zero-order chi connectivity index (χ0) is 25.8. The van der Waals surface area contributed by atoms with E-state index in [2.05, 4.69) is 22.5 Å². The molecule has 0 spiro atoms. The van der Waals surface area contributed by atoms with E-state index in [1.807, 2.05) is 24.3 Å². The lowest BCUT2D eigenvalue weighted by Gasteiger charge is -2.37. The first-order valence-electron chi connectivity index (χ1n) is 14.3. The predicted octanol–water partition coefficient (Wildman–Crippen LogP) is 4.98. The van der Waals surface area contributed by atoms with Gasteiger partial charge in [-0.25, -0.2) is 0 Å². The molecule has 2 atom stereocenters. The number of ketones is 1. The molecule has 0 bridgehead atoms. The van der Waals surface area contributed by atoms with Crippen molar-refractivity contribution in [3.63, 3.8) is 0 Å². The second kappa shape index (κ2) is 11.4. The van der Waals surface area contributed by atoms with Crippen LogP contribution in [0.2, 0.25) is 0 Å². The van der Waals surface area contributed by atoms with E-state index in [1.165, 1.54) is 32.1 Å². The summed E-state index contributed by atoms with van der Waals surface area (Å²) in [5.74, 6) is 0.352. The topological polar surface area (TPSA) is 91.6 Å². The zero-order valence-corrected chi connectivity index (χ0v) is 22.1. The number of Topliss-reactive ketones (excluding diaryl/α,β-unsaturated/α-hetero) is 1. The number of hydrogen-bond acceptors (Lipinski definition) is 5. The van der Waals surface area contributed by atoms with Crippen molar-refractivity contribution in [1.29, 1.82) is 0 Å². The molecule has 3 aliphatic rings. The van der Waals surface area contributed by atoms with Gasteiger partial charge in [0.1, 0.15) is 11.1 Å². The molecule has 1 aromatic carbocycles. The quantitative estimate of drug-likeness (QED) is 0.575. The van der Waals surface area contributed by atoms with Gasteiger partial charge >= 0.3 is 0 Å². The third-order valence-corrected chi connectivity index (χ3v) is 8.91. The molecule has 2 aromatic rings. The van der Waals surface area contributed by atoms with E-state index in [9.17, 15) is 14.4 Å². The molecule has 1 aromatic heterocycles. The van der Waals surface area contributed by atoms with Crippen LogP contribution < -0.4 is 10.6 Å². The fourth-order valence-electron chi connectivity index (χ4n) is 6.55. The van der Waals surface area contributed by atoms with Gasteiger partial charge in [0.25, 0.3) is 5.91 Å². The average Bonchev–Trinajstić information content (AvgIpc) is 3.31. The lowest BCUT2D eigenvalue weighted by Crippen LogP contribution is -2.62. The van der Waals surface area contributed by atoms with Gasteiger partial charge < -0.3 is 15.1 Å². The van der Waals surface area contributed by atoms with Crippen molar-refractivity contribution >= 4 is 28.6 Å². The summed E-state index contributed by atoms with van der Waals surface area (Å²) in [5, 5.41) is 6.97. The van der Waals surface area contributed by atoms with E-state index in [1.54, 1.807) is 6.07 Å². The minimum atomic E-state index is -1.02. The molecule has 1 aliphatic heterocycles. The highest BCUT2D eigenvalue weighted by molar-refractivity contribution is 6.01. The summed E-state index contributed by atoms with van der Waals surface area (Å²) in [5.41, 5.74) is -0.375. The molecule has 1 saturated heterocycles. The van der Waals surface area contributed by atoms with Gasteiger partial charge in [0.2, 0.25) is 5.91 Å². The Morgan fingerprint density at radius 3 is 2.49 bits per heavy atom. The maximum atomic E-state index is 13.7. The maximum Gasteiger partial charge on any atom is 0.287 e. The Balaban J connectivity index is 1.26. The summed E-state index contributed by atoms with van der Waals surface area (Å²) in [6.45, 7) is 3.57. The highest BCUT2D eigenvalue weighted by Crippen LogP contribution is 2.31. The van der Waals surface area contributed by atoms with Gasteiger partial charge in [0.05, 0.1) is 12.6 Å². The number of carbonyl (C=O) groups is 3. The average molecular weight is 508 g/mol. The van der Waals surface area contributed by atoms with Gasteiger partial charge in [-0.2, -0.15) is 0 Å². The van der Waals surface area contributed by atoms with Crippen LogP contribution in [0.5, 0.6) is 0 Å². The Bertz CT molecular complexity index is 1080. The Morgan fingerprint density at radius 1 is 1.00 bits per heavy atom. The van der Waals surface area contributed by atoms with Gasteiger partial charge in [0.15, 0.2) is 11.5 Å². The SMILES string of the molecule is CC1CCC(NC(=O)C2(NC(=O)c3cc4ccccc4o3)CCCCC2)C(=O)CN1CC1CCCCC1. The van der Waals surface area contributed by atoms with Crippen LogP contribution in [0, 0.1) is 5.92 Å². The summed E-state index contributed by atoms with van der Waals surface area (Å²) in [4.78, 5) is 42.6. The van der Waals surface area contributed by atoms with E-state index in [0.717, 1.165) is 37.6 Å². The summed E-state index contributed by atoms with van der Waals surface area (Å²) < 4.78 is 5.76. The van der Waals surface area contributed by atoms with Gasteiger partial charge in [-0.3, -0.25) is 19.3 Å². The molecule has 7 nitrogen and oxygen atoms in total. The molecule has 3 fully saturated rings. The first kappa shape index (κ1) is 26.0. The minimum Gasteiger partial charge on any atom is -0.451 e. The van der Waals surface area contributed by atoms with Gasteiger partial charge in [-0.1, -0.05) is 56.7 Å². The van der Waals surface area contributed by atoms with Crippen molar-refractivity contribution in [3.05, 3.63) is 36.1 Å². The fourth-order valence-corrected chi connectivity index (χ4v) is 6.55.